The maximum Gasteiger partial charge on any atom is 0.307 e. The molecule has 1 heterocycles. The number of methoxy groups -OCH3 is 1. The van der Waals surface area contributed by atoms with E-state index < -0.39 is 33.2 Å². The van der Waals surface area contributed by atoms with Crippen LogP contribution in [0.1, 0.15) is 20.3 Å². The van der Waals surface area contributed by atoms with Gasteiger partial charge >= 0.3 is 5.97 Å². The van der Waals surface area contributed by atoms with Crippen molar-refractivity contribution in [1.82, 2.24) is 0 Å². The minimum Gasteiger partial charge on any atom is -0.494 e. The molecule has 0 spiro atoms. The first-order chi connectivity index (χ1) is 12.1. The van der Waals surface area contributed by atoms with Gasteiger partial charge < -0.3 is 15.2 Å². The van der Waals surface area contributed by atoms with Crippen LogP contribution in [0.15, 0.2) is 18.2 Å². The summed E-state index contributed by atoms with van der Waals surface area (Å²) in [7, 11) is -1.92. The molecule has 26 heavy (non-hydrogen) atoms. The molecule has 0 unspecified atom stereocenters. The van der Waals surface area contributed by atoms with E-state index in [1.54, 1.807) is 32.0 Å². The van der Waals surface area contributed by atoms with Crippen LogP contribution in [0.2, 0.25) is 0 Å². The predicted molar refractivity (Wildman–Crippen MR) is 95.8 cm³/mol. The number of carboxylic acids is 1. The summed E-state index contributed by atoms with van der Waals surface area (Å²) in [6, 6.07) is 4.73. The highest BCUT2D eigenvalue weighted by Crippen LogP contribution is 2.58. The Labute approximate surface area is 152 Å². The SMILES string of the molecule is COc1cc(NC(=O)[C@H]2[C@@H](C(=O)O)C2(C)C)ccc1N1CCCS1(=O)=O. The summed E-state index contributed by atoms with van der Waals surface area (Å²) in [5, 5.41) is 11.9. The topological polar surface area (TPSA) is 113 Å². The van der Waals surface area contributed by atoms with Crippen molar-refractivity contribution in [3.63, 3.8) is 0 Å². The number of sulfonamides is 1. The van der Waals surface area contributed by atoms with Crippen molar-refractivity contribution in [1.29, 1.82) is 0 Å². The van der Waals surface area contributed by atoms with Crippen LogP contribution in [0, 0.1) is 17.3 Å². The first-order valence-corrected chi connectivity index (χ1v) is 9.92. The molecule has 9 heteroatoms. The van der Waals surface area contributed by atoms with Crippen molar-refractivity contribution in [2.24, 2.45) is 17.3 Å². The molecule has 0 aromatic heterocycles. The molecule has 2 aliphatic rings. The van der Waals surface area contributed by atoms with Crippen LogP contribution >= 0.6 is 0 Å². The molecule has 2 fully saturated rings. The molecule has 1 aliphatic carbocycles. The lowest BCUT2D eigenvalue weighted by atomic mass is 10.1. The van der Waals surface area contributed by atoms with Gasteiger partial charge in [0.05, 0.1) is 30.4 Å². The number of amides is 1. The molecule has 1 aromatic rings. The first kappa shape index (κ1) is 18.5. The molecule has 0 bridgehead atoms. The molecule has 3 rings (SSSR count). The van der Waals surface area contributed by atoms with Gasteiger partial charge in [-0.15, -0.1) is 0 Å². The maximum absolute atomic E-state index is 12.4. The molecule has 1 saturated heterocycles. The van der Waals surface area contributed by atoms with E-state index in [-0.39, 0.29) is 11.7 Å². The Bertz CT molecular complexity index is 864. The van der Waals surface area contributed by atoms with E-state index in [2.05, 4.69) is 5.32 Å². The normalized spacial score (nSPS) is 25.6. The van der Waals surface area contributed by atoms with E-state index in [1.807, 2.05) is 0 Å². The third kappa shape index (κ3) is 3.00. The van der Waals surface area contributed by atoms with E-state index in [0.717, 1.165) is 0 Å². The Morgan fingerprint density at radius 2 is 2.00 bits per heavy atom. The van der Waals surface area contributed by atoms with Gasteiger partial charge in [0.15, 0.2) is 0 Å². The van der Waals surface area contributed by atoms with E-state index >= 15 is 0 Å². The number of hydrogen-bond acceptors (Lipinski definition) is 5. The van der Waals surface area contributed by atoms with Crippen LogP contribution in [-0.4, -0.2) is 44.8 Å². The van der Waals surface area contributed by atoms with Crippen molar-refractivity contribution in [2.75, 3.05) is 29.0 Å². The van der Waals surface area contributed by atoms with E-state index in [4.69, 9.17) is 4.74 Å². The lowest BCUT2D eigenvalue weighted by Crippen LogP contribution is -2.25. The Balaban J connectivity index is 1.80. The number of anilines is 2. The van der Waals surface area contributed by atoms with Crippen LogP contribution in [0.4, 0.5) is 11.4 Å². The van der Waals surface area contributed by atoms with Gasteiger partial charge in [-0.1, -0.05) is 13.8 Å². The van der Waals surface area contributed by atoms with Gasteiger partial charge in [-0.25, -0.2) is 8.42 Å². The third-order valence-electron chi connectivity index (χ3n) is 5.19. The number of aliphatic carboxylic acids is 1. The zero-order valence-electron chi connectivity index (χ0n) is 14.9. The summed E-state index contributed by atoms with van der Waals surface area (Å²) in [5.74, 6) is -2.24. The molecule has 1 saturated carbocycles. The van der Waals surface area contributed by atoms with Gasteiger partial charge in [-0.3, -0.25) is 13.9 Å². The van der Waals surface area contributed by atoms with E-state index in [1.165, 1.54) is 11.4 Å². The minimum absolute atomic E-state index is 0.0992. The van der Waals surface area contributed by atoms with Crippen molar-refractivity contribution in [2.45, 2.75) is 20.3 Å². The highest BCUT2D eigenvalue weighted by atomic mass is 32.2. The molecule has 1 aromatic carbocycles. The summed E-state index contributed by atoms with van der Waals surface area (Å²) in [6.07, 6.45) is 0.553. The second-order valence-electron chi connectivity index (χ2n) is 7.23. The molecule has 2 N–H and O–H groups in total. The summed E-state index contributed by atoms with van der Waals surface area (Å²) < 4.78 is 30.8. The Morgan fingerprint density at radius 1 is 1.31 bits per heavy atom. The third-order valence-corrected chi connectivity index (χ3v) is 7.05. The summed E-state index contributed by atoms with van der Waals surface area (Å²) >= 11 is 0. The van der Waals surface area contributed by atoms with Gasteiger partial charge in [-0.2, -0.15) is 0 Å². The average Bonchev–Trinajstić information content (AvgIpc) is 2.97. The Morgan fingerprint density at radius 3 is 2.50 bits per heavy atom. The number of nitrogens with one attached hydrogen (secondary N) is 1. The second-order valence-corrected chi connectivity index (χ2v) is 9.25. The van der Waals surface area contributed by atoms with Crippen LogP contribution in [0.5, 0.6) is 5.75 Å². The smallest absolute Gasteiger partial charge is 0.307 e. The van der Waals surface area contributed by atoms with Crippen LogP contribution < -0.4 is 14.4 Å². The Kier molecular flexibility index (Phi) is 4.38. The standard InChI is InChI=1S/C17H22N2O6S/c1-17(2)13(14(17)16(21)22)15(20)18-10-5-6-11(12(9-10)25-3)19-7-4-8-26(19,23)24/h5-6,9,13-14H,4,7-8H2,1-3H3,(H,18,20)(H,21,22)/t13-,14+/m1/s1. The van der Waals surface area contributed by atoms with Crippen LogP contribution in [-0.2, 0) is 19.6 Å². The lowest BCUT2D eigenvalue weighted by molar-refractivity contribution is -0.140. The lowest BCUT2D eigenvalue weighted by Gasteiger charge is -2.20. The molecule has 0 radical (unpaired) electrons. The number of nitrogens with zero attached hydrogens (tertiary/aromatic N) is 1. The Hall–Kier alpha value is -2.29. The second kappa shape index (κ2) is 6.15. The number of carboxylic acid groups (broad SMARTS) is 1. The largest absolute Gasteiger partial charge is 0.494 e. The number of ether oxygens (including phenoxy) is 1. The van der Waals surface area contributed by atoms with Crippen molar-refractivity contribution in [3.8, 4) is 5.75 Å². The number of hydrogen-bond donors (Lipinski definition) is 2. The quantitative estimate of drug-likeness (QED) is 0.798. The predicted octanol–water partition coefficient (Wildman–Crippen LogP) is 1.53. The fourth-order valence-electron chi connectivity index (χ4n) is 3.68. The average molecular weight is 382 g/mol. The molecule has 1 aliphatic heterocycles. The highest BCUT2D eigenvalue weighted by molar-refractivity contribution is 7.93. The number of carbonyl (C=O) groups is 2. The number of carbonyl (C=O) groups excluding carboxylic acids is 1. The number of benzene rings is 1. The maximum atomic E-state index is 12.4. The minimum atomic E-state index is -3.34. The van der Waals surface area contributed by atoms with E-state index in [0.29, 0.717) is 30.1 Å². The summed E-state index contributed by atoms with van der Waals surface area (Å²) in [6.45, 7) is 3.89. The monoisotopic (exact) mass is 382 g/mol. The fraction of sp³-hybridized carbons (Fsp3) is 0.529. The highest BCUT2D eigenvalue weighted by Gasteiger charge is 2.65. The zero-order chi connectivity index (χ0) is 19.3. The number of rotatable bonds is 5. The summed E-state index contributed by atoms with van der Waals surface area (Å²) in [5.41, 5.74) is 0.265. The van der Waals surface area contributed by atoms with Crippen molar-refractivity contribution in [3.05, 3.63) is 18.2 Å². The molecule has 8 nitrogen and oxygen atoms in total. The van der Waals surface area contributed by atoms with Crippen molar-refractivity contribution >= 4 is 33.3 Å². The fourth-order valence-corrected chi connectivity index (χ4v) is 5.25. The van der Waals surface area contributed by atoms with Gasteiger partial charge in [-0.05, 0) is 24.0 Å². The molecular weight excluding hydrogens is 360 g/mol. The van der Waals surface area contributed by atoms with Gasteiger partial charge in [0, 0.05) is 18.3 Å². The molecular formula is C17H22N2O6S. The van der Waals surface area contributed by atoms with E-state index in [9.17, 15) is 23.1 Å². The van der Waals surface area contributed by atoms with Crippen molar-refractivity contribution < 1.29 is 27.9 Å². The molecule has 2 atom stereocenters. The zero-order valence-corrected chi connectivity index (χ0v) is 15.7. The van der Waals surface area contributed by atoms with Gasteiger partial charge in [0.25, 0.3) is 0 Å². The van der Waals surface area contributed by atoms with Gasteiger partial charge in [0.2, 0.25) is 15.9 Å². The van der Waals surface area contributed by atoms with Crippen LogP contribution in [0.25, 0.3) is 0 Å². The van der Waals surface area contributed by atoms with Crippen LogP contribution in [0.3, 0.4) is 0 Å². The first-order valence-electron chi connectivity index (χ1n) is 8.31. The van der Waals surface area contributed by atoms with Gasteiger partial charge in [0.1, 0.15) is 5.75 Å². The summed E-state index contributed by atoms with van der Waals surface area (Å²) in [4.78, 5) is 23.7. The molecule has 1 amide bonds. The molecule has 142 valence electrons.